The molecule has 0 radical (unpaired) electrons. The van der Waals surface area contributed by atoms with Crippen molar-refractivity contribution in [3.63, 3.8) is 0 Å². The fourth-order valence-corrected chi connectivity index (χ4v) is 4.51. The van der Waals surface area contributed by atoms with E-state index in [0.29, 0.717) is 11.8 Å². The van der Waals surface area contributed by atoms with Crippen LogP contribution in [0.15, 0.2) is 54.9 Å². The molecule has 0 N–H and O–H groups in total. The fraction of sp³-hybridized carbons (Fsp3) is 0.407. The predicted octanol–water partition coefficient (Wildman–Crippen LogP) is 4.86. The van der Waals surface area contributed by atoms with Crippen molar-refractivity contribution in [2.24, 2.45) is 5.92 Å². The Morgan fingerprint density at radius 2 is 1.59 bits per heavy atom. The Morgan fingerprint density at radius 1 is 0.853 bits per heavy atom. The van der Waals surface area contributed by atoms with E-state index < -0.39 is 0 Å². The minimum Gasteiger partial charge on any atom is -0.353 e. The molecule has 0 saturated carbocycles. The van der Waals surface area contributed by atoms with E-state index in [1.165, 1.54) is 5.56 Å². The molecule has 4 aromatic rings. The third kappa shape index (κ3) is 4.47. The summed E-state index contributed by atoms with van der Waals surface area (Å²) < 4.78 is 1.96. The zero-order valence-electron chi connectivity index (χ0n) is 20.5. The lowest BCUT2D eigenvalue weighted by Gasteiger charge is -2.36. The van der Waals surface area contributed by atoms with Gasteiger partial charge in [-0.05, 0) is 41.7 Å². The van der Waals surface area contributed by atoms with Gasteiger partial charge in [0.05, 0.1) is 17.3 Å². The molecular formula is C27H33N7. The molecule has 1 fully saturated rings. The first-order chi connectivity index (χ1) is 16.5. The summed E-state index contributed by atoms with van der Waals surface area (Å²) in [5, 5.41) is 5.75. The number of fused-ring (bicyclic) bond motifs is 1. The van der Waals surface area contributed by atoms with Crippen LogP contribution in [-0.4, -0.2) is 50.9 Å². The van der Waals surface area contributed by atoms with E-state index in [1.54, 1.807) is 0 Å². The highest BCUT2D eigenvalue weighted by molar-refractivity contribution is 5.88. The molecule has 0 unspecified atom stereocenters. The van der Waals surface area contributed by atoms with Crippen LogP contribution in [0.2, 0.25) is 0 Å². The first-order valence-electron chi connectivity index (χ1n) is 12.3. The molecule has 7 heteroatoms. The van der Waals surface area contributed by atoms with E-state index >= 15 is 0 Å². The van der Waals surface area contributed by atoms with Gasteiger partial charge in [-0.1, -0.05) is 45.9 Å². The van der Waals surface area contributed by atoms with Crippen molar-refractivity contribution in [2.45, 2.75) is 40.0 Å². The molecule has 34 heavy (non-hydrogen) atoms. The van der Waals surface area contributed by atoms with Crippen molar-refractivity contribution in [3.05, 3.63) is 66.2 Å². The predicted molar refractivity (Wildman–Crippen MR) is 138 cm³/mol. The van der Waals surface area contributed by atoms with Gasteiger partial charge >= 0.3 is 0 Å². The third-order valence-corrected chi connectivity index (χ3v) is 6.40. The Kier molecular flexibility index (Phi) is 6.18. The van der Waals surface area contributed by atoms with Gasteiger partial charge in [0.15, 0.2) is 5.65 Å². The summed E-state index contributed by atoms with van der Waals surface area (Å²) in [6, 6.07) is 14.7. The summed E-state index contributed by atoms with van der Waals surface area (Å²) in [4.78, 5) is 19.2. The smallest absolute Gasteiger partial charge is 0.168 e. The lowest BCUT2D eigenvalue weighted by molar-refractivity contribution is 0.613. The molecule has 5 rings (SSSR count). The molecule has 1 saturated heterocycles. The fourth-order valence-electron chi connectivity index (χ4n) is 4.51. The number of benzene rings is 1. The van der Waals surface area contributed by atoms with E-state index in [-0.39, 0.29) is 0 Å². The van der Waals surface area contributed by atoms with Crippen LogP contribution >= 0.6 is 0 Å². The number of rotatable bonds is 6. The molecule has 0 aliphatic carbocycles. The van der Waals surface area contributed by atoms with Gasteiger partial charge in [0.1, 0.15) is 17.5 Å². The highest BCUT2D eigenvalue weighted by Crippen LogP contribution is 2.28. The van der Waals surface area contributed by atoms with Crippen LogP contribution < -0.4 is 9.80 Å². The summed E-state index contributed by atoms with van der Waals surface area (Å²) in [5.74, 6) is 3.89. The largest absolute Gasteiger partial charge is 0.353 e. The van der Waals surface area contributed by atoms with Crippen LogP contribution in [0.1, 0.15) is 45.0 Å². The highest BCUT2D eigenvalue weighted by atomic mass is 15.3. The van der Waals surface area contributed by atoms with Crippen molar-refractivity contribution in [1.82, 2.24) is 24.7 Å². The standard InChI is InChI=1S/C27H33N7/c1-19(2)17-24-30-26(33-15-13-32(14-16-33)25-7-5-6-12-28-25)23-18-29-34(27(23)31-24)22-10-8-21(9-11-22)20(3)4/h5-12,18-20H,13-17H2,1-4H3. The maximum atomic E-state index is 5.03. The van der Waals surface area contributed by atoms with Gasteiger partial charge in [0, 0.05) is 38.8 Å². The van der Waals surface area contributed by atoms with Crippen molar-refractivity contribution in [1.29, 1.82) is 0 Å². The highest BCUT2D eigenvalue weighted by Gasteiger charge is 2.23. The van der Waals surface area contributed by atoms with E-state index in [9.17, 15) is 0 Å². The number of hydrogen-bond acceptors (Lipinski definition) is 6. The molecule has 7 nitrogen and oxygen atoms in total. The maximum absolute atomic E-state index is 5.03. The van der Waals surface area contributed by atoms with Crippen molar-refractivity contribution in [2.75, 3.05) is 36.0 Å². The molecule has 0 amide bonds. The van der Waals surface area contributed by atoms with Crippen LogP contribution in [0.5, 0.6) is 0 Å². The number of piperazine rings is 1. The van der Waals surface area contributed by atoms with Gasteiger partial charge in [-0.15, -0.1) is 0 Å². The number of anilines is 2. The molecule has 1 aromatic carbocycles. The first kappa shape index (κ1) is 22.3. The molecule has 176 valence electrons. The lowest BCUT2D eigenvalue weighted by atomic mass is 10.0. The monoisotopic (exact) mass is 455 g/mol. The minimum absolute atomic E-state index is 0.480. The van der Waals surface area contributed by atoms with Crippen LogP contribution in [0.4, 0.5) is 11.6 Å². The maximum Gasteiger partial charge on any atom is 0.168 e. The summed E-state index contributed by atoms with van der Waals surface area (Å²) >= 11 is 0. The number of pyridine rings is 1. The van der Waals surface area contributed by atoms with Gasteiger partial charge in [-0.3, -0.25) is 0 Å². The molecule has 3 aromatic heterocycles. The Bertz CT molecular complexity index is 1240. The first-order valence-corrected chi connectivity index (χ1v) is 12.3. The zero-order valence-corrected chi connectivity index (χ0v) is 20.5. The van der Waals surface area contributed by atoms with Gasteiger partial charge in [-0.25, -0.2) is 19.6 Å². The van der Waals surface area contributed by atoms with Crippen molar-refractivity contribution in [3.8, 4) is 5.69 Å². The Hall–Kier alpha value is -3.48. The second-order valence-electron chi connectivity index (χ2n) is 9.76. The molecule has 1 aliphatic heterocycles. The molecule has 1 aliphatic rings. The lowest BCUT2D eigenvalue weighted by Crippen LogP contribution is -2.47. The van der Waals surface area contributed by atoms with E-state index in [4.69, 9.17) is 15.1 Å². The van der Waals surface area contributed by atoms with Gasteiger partial charge < -0.3 is 9.80 Å². The molecule has 4 heterocycles. The molecule has 0 bridgehead atoms. The van der Waals surface area contributed by atoms with Gasteiger partial charge in [0.2, 0.25) is 0 Å². The van der Waals surface area contributed by atoms with Crippen LogP contribution in [0.25, 0.3) is 16.7 Å². The zero-order chi connectivity index (χ0) is 23.7. The van der Waals surface area contributed by atoms with Crippen LogP contribution in [0, 0.1) is 5.92 Å². The SMILES string of the molecule is CC(C)Cc1nc(N2CCN(c3ccccn3)CC2)c2cnn(-c3ccc(C(C)C)cc3)c2n1. The topological polar surface area (TPSA) is 63.0 Å². The molecular weight excluding hydrogens is 422 g/mol. The molecule has 0 atom stereocenters. The van der Waals surface area contributed by atoms with Crippen molar-refractivity contribution >= 4 is 22.7 Å². The van der Waals surface area contributed by atoms with Gasteiger partial charge in [0.25, 0.3) is 0 Å². The second-order valence-corrected chi connectivity index (χ2v) is 9.76. The summed E-state index contributed by atoms with van der Waals surface area (Å²) in [5.41, 5.74) is 3.23. The number of aromatic nitrogens is 5. The van der Waals surface area contributed by atoms with Crippen LogP contribution in [0.3, 0.4) is 0 Å². The quantitative estimate of drug-likeness (QED) is 0.414. The summed E-state index contributed by atoms with van der Waals surface area (Å²) in [6.45, 7) is 12.4. The second kappa shape index (κ2) is 9.41. The molecule has 0 spiro atoms. The average Bonchev–Trinajstić information content (AvgIpc) is 3.28. The van der Waals surface area contributed by atoms with Crippen molar-refractivity contribution < 1.29 is 0 Å². The number of hydrogen-bond donors (Lipinski definition) is 0. The summed E-state index contributed by atoms with van der Waals surface area (Å²) in [6.07, 6.45) is 4.62. The Labute approximate surface area is 201 Å². The van der Waals surface area contributed by atoms with E-state index in [1.807, 2.05) is 29.2 Å². The normalized spacial score (nSPS) is 14.5. The summed E-state index contributed by atoms with van der Waals surface area (Å²) in [7, 11) is 0. The average molecular weight is 456 g/mol. The van der Waals surface area contributed by atoms with Gasteiger partial charge in [-0.2, -0.15) is 5.10 Å². The van der Waals surface area contributed by atoms with E-state index in [0.717, 1.165) is 66.8 Å². The Balaban J connectivity index is 1.49. The third-order valence-electron chi connectivity index (χ3n) is 6.40. The number of nitrogens with zero attached hydrogens (tertiary/aromatic N) is 7. The van der Waals surface area contributed by atoms with E-state index in [2.05, 4.69) is 72.8 Å². The Morgan fingerprint density at radius 3 is 2.24 bits per heavy atom. The minimum atomic E-state index is 0.480. The van der Waals surface area contributed by atoms with Crippen LogP contribution in [-0.2, 0) is 6.42 Å².